The number of hydrogen-bond acceptors (Lipinski definition) is 1. The van der Waals surface area contributed by atoms with Gasteiger partial charge in [0.1, 0.15) is 5.82 Å². The molecule has 0 aromatic heterocycles. The molecule has 1 N–H and O–H groups in total. The van der Waals surface area contributed by atoms with Gasteiger partial charge in [-0.15, -0.1) is 0 Å². The Hall–Kier alpha value is -0.600. The van der Waals surface area contributed by atoms with Gasteiger partial charge in [0.25, 0.3) is 0 Å². The summed E-state index contributed by atoms with van der Waals surface area (Å²) >= 11 is 5.67. The molecule has 1 aromatic carbocycles. The SMILES string of the molecule is CC(C)CCCCNC(C)c1ccc(Cl)c(F)c1. The van der Waals surface area contributed by atoms with Crippen LogP contribution in [0.5, 0.6) is 0 Å². The summed E-state index contributed by atoms with van der Waals surface area (Å²) in [5.74, 6) is 0.426. The second kappa shape index (κ2) is 7.75. The van der Waals surface area contributed by atoms with E-state index in [1.807, 2.05) is 13.0 Å². The Morgan fingerprint density at radius 1 is 1.22 bits per heavy atom. The molecule has 0 radical (unpaired) electrons. The summed E-state index contributed by atoms with van der Waals surface area (Å²) in [6.07, 6.45) is 3.68. The zero-order chi connectivity index (χ0) is 13.5. The normalized spacial score (nSPS) is 13.0. The van der Waals surface area contributed by atoms with Crippen LogP contribution in [0.25, 0.3) is 0 Å². The molecule has 1 atom stereocenters. The van der Waals surface area contributed by atoms with E-state index in [1.54, 1.807) is 6.07 Å². The van der Waals surface area contributed by atoms with Crippen LogP contribution in [0.3, 0.4) is 0 Å². The molecule has 1 rings (SSSR count). The van der Waals surface area contributed by atoms with Crippen LogP contribution >= 0.6 is 11.6 Å². The molecule has 0 saturated carbocycles. The highest BCUT2D eigenvalue weighted by molar-refractivity contribution is 6.30. The summed E-state index contributed by atoms with van der Waals surface area (Å²) < 4.78 is 13.3. The van der Waals surface area contributed by atoms with E-state index in [2.05, 4.69) is 19.2 Å². The fraction of sp³-hybridized carbons (Fsp3) is 0.600. The molecule has 1 aromatic rings. The van der Waals surface area contributed by atoms with Gasteiger partial charge in [0.05, 0.1) is 5.02 Å². The number of unbranched alkanes of at least 4 members (excludes halogenated alkanes) is 1. The first-order chi connectivity index (χ1) is 8.50. The van der Waals surface area contributed by atoms with Gasteiger partial charge < -0.3 is 5.32 Å². The molecule has 0 fully saturated rings. The third-order valence-corrected chi connectivity index (χ3v) is 3.41. The van der Waals surface area contributed by atoms with Crippen LogP contribution in [0.15, 0.2) is 18.2 Å². The van der Waals surface area contributed by atoms with Crippen LogP contribution < -0.4 is 5.32 Å². The Kier molecular flexibility index (Phi) is 6.66. The van der Waals surface area contributed by atoms with E-state index >= 15 is 0 Å². The third kappa shape index (κ3) is 5.36. The molecule has 0 bridgehead atoms. The Morgan fingerprint density at radius 2 is 1.94 bits per heavy atom. The zero-order valence-corrected chi connectivity index (χ0v) is 12.2. The van der Waals surface area contributed by atoms with Gasteiger partial charge in [-0.3, -0.25) is 0 Å². The Balaban J connectivity index is 2.31. The largest absolute Gasteiger partial charge is 0.310 e. The van der Waals surface area contributed by atoms with E-state index in [-0.39, 0.29) is 16.9 Å². The highest BCUT2D eigenvalue weighted by Gasteiger charge is 2.07. The Morgan fingerprint density at radius 3 is 2.56 bits per heavy atom. The lowest BCUT2D eigenvalue weighted by Gasteiger charge is -2.15. The minimum atomic E-state index is -0.345. The van der Waals surface area contributed by atoms with Gasteiger partial charge in [-0.1, -0.05) is 44.4 Å². The van der Waals surface area contributed by atoms with Crippen molar-refractivity contribution >= 4 is 11.6 Å². The Bertz CT molecular complexity index is 366. The highest BCUT2D eigenvalue weighted by Crippen LogP contribution is 2.20. The van der Waals surface area contributed by atoms with Gasteiger partial charge in [0, 0.05) is 6.04 Å². The van der Waals surface area contributed by atoms with Crippen molar-refractivity contribution < 1.29 is 4.39 Å². The quantitative estimate of drug-likeness (QED) is 0.692. The molecule has 3 heteroatoms. The lowest BCUT2D eigenvalue weighted by atomic mass is 10.1. The van der Waals surface area contributed by atoms with Crippen LogP contribution in [0.1, 0.15) is 51.6 Å². The molecular formula is C15H23ClFN. The van der Waals surface area contributed by atoms with Gasteiger partial charge in [-0.05, 0) is 43.5 Å². The Labute approximate surface area is 115 Å². The number of benzene rings is 1. The van der Waals surface area contributed by atoms with Crippen LogP contribution in [0, 0.1) is 11.7 Å². The minimum absolute atomic E-state index is 0.163. The molecule has 0 saturated heterocycles. The van der Waals surface area contributed by atoms with Crippen LogP contribution in [0.4, 0.5) is 4.39 Å². The van der Waals surface area contributed by atoms with Crippen LogP contribution in [0.2, 0.25) is 5.02 Å². The summed E-state index contributed by atoms with van der Waals surface area (Å²) in [6.45, 7) is 7.50. The van der Waals surface area contributed by atoms with Crippen molar-refractivity contribution in [2.75, 3.05) is 6.54 Å². The fourth-order valence-corrected chi connectivity index (χ4v) is 2.01. The van der Waals surface area contributed by atoms with Crippen molar-refractivity contribution in [1.29, 1.82) is 0 Å². The molecule has 1 nitrogen and oxygen atoms in total. The topological polar surface area (TPSA) is 12.0 Å². The fourth-order valence-electron chi connectivity index (χ4n) is 1.90. The second-order valence-electron chi connectivity index (χ2n) is 5.24. The lowest BCUT2D eigenvalue weighted by molar-refractivity contribution is 0.497. The smallest absolute Gasteiger partial charge is 0.142 e. The predicted molar refractivity (Wildman–Crippen MR) is 76.5 cm³/mol. The van der Waals surface area contributed by atoms with Crippen molar-refractivity contribution in [3.63, 3.8) is 0 Å². The third-order valence-electron chi connectivity index (χ3n) is 3.10. The molecule has 102 valence electrons. The van der Waals surface area contributed by atoms with E-state index in [0.29, 0.717) is 0 Å². The maximum Gasteiger partial charge on any atom is 0.142 e. The maximum absolute atomic E-state index is 13.3. The molecule has 0 heterocycles. The van der Waals surface area contributed by atoms with Crippen molar-refractivity contribution in [2.45, 2.75) is 46.1 Å². The average Bonchev–Trinajstić information content (AvgIpc) is 2.31. The first kappa shape index (κ1) is 15.5. The summed E-state index contributed by atoms with van der Waals surface area (Å²) in [4.78, 5) is 0. The first-order valence-electron chi connectivity index (χ1n) is 6.69. The molecule has 0 aliphatic rings. The van der Waals surface area contributed by atoms with Gasteiger partial charge in [-0.25, -0.2) is 4.39 Å². The predicted octanol–water partition coefficient (Wildman–Crippen LogP) is 4.96. The van der Waals surface area contributed by atoms with Crippen molar-refractivity contribution in [1.82, 2.24) is 5.32 Å². The van der Waals surface area contributed by atoms with Crippen molar-refractivity contribution in [2.24, 2.45) is 5.92 Å². The second-order valence-corrected chi connectivity index (χ2v) is 5.65. The molecule has 18 heavy (non-hydrogen) atoms. The van der Waals surface area contributed by atoms with Crippen molar-refractivity contribution in [3.05, 3.63) is 34.6 Å². The standard InChI is InChI=1S/C15H23ClFN/c1-11(2)6-4-5-9-18-12(3)13-7-8-14(16)15(17)10-13/h7-8,10-12,18H,4-6,9H2,1-3H3. The zero-order valence-electron chi connectivity index (χ0n) is 11.5. The van der Waals surface area contributed by atoms with Gasteiger partial charge >= 0.3 is 0 Å². The van der Waals surface area contributed by atoms with E-state index < -0.39 is 0 Å². The monoisotopic (exact) mass is 271 g/mol. The molecule has 1 unspecified atom stereocenters. The summed E-state index contributed by atoms with van der Waals surface area (Å²) in [5.41, 5.74) is 0.945. The van der Waals surface area contributed by atoms with E-state index in [1.165, 1.54) is 25.3 Å². The van der Waals surface area contributed by atoms with Gasteiger partial charge in [-0.2, -0.15) is 0 Å². The number of halogens is 2. The van der Waals surface area contributed by atoms with Gasteiger partial charge in [0.2, 0.25) is 0 Å². The van der Waals surface area contributed by atoms with Gasteiger partial charge in [0.15, 0.2) is 0 Å². The minimum Gasteiger partial charge on any atom is -0.310 e. The molecule has 0 aliphatic heterocycles. The summed E-state index contributed by atoms with van der Waals surface area (Å²) in [7, 11) is 0. The van der Waals surface area contributed by atoms with E-state index in [4.69, 9.17) is 11.6 Å². The molecule has 0 amide bonds. The van der Waals surface area contributed by atoms with E-state index in [9.17, 15) is 4.39 Å². The summed E-state index contributed by atoms with van der Waals surface area (Å²) in [5, 5.41) is 3.59. The van der Waals surface area contributed by atoms with Crippen molar-refractivity contribution in [3.8, 4) is 0 Å². The first-order valence-corrected chi connectivity index (χ1v) is 7.07. The van der Waals surface area contributed by atoms with Crippen LogP contribution in [-0.4, -0.2) is 6.54 Å². The average molecular weight is 272 g/mol. The number of rotatable bonds is 7. The lowest BCUT2D eigenvalue weighted by Crippen LogP contribution is -2.20. The van der Waals surface area contributed by atoms with E-state index in [0.717, 1.165) is 18.0 Å². The number of hydrogen-bond donors (Lipinski definition) is 1. The molecule has 0 aliphatic carbocycles. The number of nitrogens with one attached hydrogen (secondary N) is 1. The summed E-state index contributed by atoms with van der Waals surface area (Å²) in [6, 6.07) is 5.16. The van der Waals surface area contributed by atoms with Crippen LogP contribution in [-0.2, 0) is 0 Å². The molecular weight excluding hydrogens is 249 g/mol. The maximum atomic E-state index is 13.3. The molecule has 0 spiro atoms. The highest BCUT2D eigenvalue weighted by atomic mass is 35.5.